The van der Waals surface area contributed by atoms with Gasteiger partial charge in [0.1, 0.15) is 19.3 Å². The van der Waals surface area contributed by atoms with Gasteiger partial charge in [0.25, 0.3) is 0 Å². The van der Waals surface area contributed by atoms with Gasteiger partial charge >= 0.3 is 5.97 Å². The average molecular weight is 356 g/mol. The Morgan fingerprint density at radius 2 is 1.46 bits per heavy atom. The molecule has 0 aliphatic carbocycles. The minimum absolute atomic E-state index is 0.0812. The van der Waals surface area contributed by atoms with E-state index in [1.54, 1.807) is 0 Å². The largest absolute Gasteiger partial charge is 0.485 e. The molecule has 0 saturated carbocycles. The molecule has 26 heavy (non-hydrogen) atoms. The molecule has 0 radical (unpaired) electrons. The Morgan fingerprint density at radius 3 is 2.00 bits per heavy atom. The molecule has 1 unspecified atom stereocenters. The van der Waals surface area contributed by atoms with Crippen molar-refractivity contribution in [2.45, 2.75) is 25.4 Å². The molecule has 1 aliphatic heterocycles. The molecule has 0 aromatic heterocycles. The summed E-state index contributed by atoms with van der Waals surface area (Å²) in [5.41, 5.74) is 1.76. The van der Waals surface area contributed by atoms with Crippen LogP contribution in [0.25, 0.3) is 0 Å². The Morgan fingerprint density at radius 1 is 0.923 bits per heavy atom. The molecule has 6 heteroatoms. The third-order valence-electron chi connectivity index (χ3n) is 3.90. The lowest BCUT2D eigenvalue weighted by Gasteiger charge is -2.18. The van der Waals surface area contributed by atoms with E-state index in [4.69, 9.17) is 14.2 Å². The number of benzene rings is 2. The van der Waals surface area contributed by atoms with Crippen LogP contribution in [0.5, 0.6) is 0 Å². The van der Waals surface area contributed by atoms with Crippen molar-refractivity contribution in [1.29, 1.82) is 0 Å². The fraction of sp³-hybridized carbons (Fsp3) is 0.250. The topological polar surface area (TPSA) is 85.2 Å². The highest BCUT2D eigenvalue weighted by molar-refractivity contribution is 5.89. The van der Waals surface area contributed by atoms with Crippen LogP contribution < -0.4 is 0 Å². The maximum atomic E-state index is 12.2. The first-order valence-electron chi connectivity index (χ1n) is 8.26. The number of ether oxygens (including phenoxy) is 3. The van der Waals surface area contributed by atoms with Crippen molar-refractivity contribution in [3.63, 3.8) is 0 Å². The van der Waals surface area contributed by atoms with Crippen molar-refractivity contribution in [3.05, 3.63) is 83.3 Å². The summed E-state index contributed by atoms with van der Waals surface area (Å²) in [5, 5.41) is 19.2. The van der Waals surface area contributed by atoms with Crippen molar-refractivity contribution in [3.8, 4) is 0 Å². The van der Waals surface area contributed by atoms with Gasteiger partial charge in [0.05, 0.1) is 6.61 Å². The molecule has 0 fully saturated rings. The summed E-state index contributed by atoms with van der Waals surface area (Å²) in [6.07, 6.45) is -2.38. The van der Waals surface area contributed by atoms with Crippen LogP contribution >= 0.6 is 0 Å². The smallest absolute Gasteiger partial charge is 0.378 e. The third-order valence-corrected chi connectivity index (χ3v) is 3.90. The fourth-order valence-electron chi connectivity index (χ4n) is 2.54. The molecule has 0 saturated heterocycles. The number of hydrogen-bond acceptors (Lipinski definition) is 6. The number of esters is 1. The summed E-state index contributed by atoms with van der Waals surface area (Å²) in [7, 11) is 0. The van der Waals surface area contributed by atoms with Gasteiger partial charge in [-0.3, -0.25) is 0 Å². The SMILES string of the molecule is O=C1OC([C@H](O)CO)C(OCc2ccccc2)=C1OCc1ccccc1. The fourth-order valence-corrected chi connectivity index (χ4v) is 2.54. The monoisotopic (exact) mass is 356 g/mol. The first-order valence-corrected chi connectivity index (χ1v) is 8.26. The van der Waals surface area contributed by atoms with Gasteiger partial charge in [0, 0.05) is 0 Å². The molecule has 1 heterocycles. The number of carbonyl (C=O) groups is 1. The van der Waals surface area contributed by atoms with Crippen molar-refractivity contribution < 1.29 is 29.2 Å². The Hall–Kier alpha value is -2.83. The van der Waals surface area contributed by atoms with Gasteiger partial charge in [-0.25, -0.2) is 4.79 Å². The molecule has 2 N–H and O–H groups in total. The van der Waals surface area contributed by atoms with E-state index in [9.17, 15) is 15.0 Å². The quantitative estimate of drug-likeness (QED) is 0.703. The predicted molar refractivity (Wildman–Crippen MR) is 92.5 cm³/mol. The van der Waals surface area contributed by atoms with Crippen molar-refractivity contribution in [2.75, 3.05) is 6.61 Å². The molecule has 2 aromatic rings. The third kappa shape index (κ3) is 4.22. The minimum Gasteiger partial charge on any atom is -0.485 e. The number of aliphatic hydroxyl groups is 2. The van der Waals surface area contributed by atoms with Crippen LogP contribution in [0, 0.1) is 0 Å². The second-order valence-corrected chi connectivity index (χ2v) is 5.82. The summed E-state index contributed by atoms with van der Waals surface area (Å²) in [5.74, 6) is -0.708. The lowest BCUT2D eigenvalue weighted by Crippen LogP contribution is -2.32. The lowest BCUT2D eigenvalue weighted by atomic mass is 10.1. The van der Waals surface area contributed by atoms with Crippen LogP contribution in [0.3, 0.4) is 0 Å². The second kappa shape index (κ2) is 8.51. The van der Waals surface area contributed by atoms with Crippen molar-refractivity contribution in [1.82, 2.24) is 0 Å². The number of cyclic esters (lactones) is 1. The zero-order valence-corrected chi connectivity index (χ0v) is 14.1. The summed E-state index contributed by atoms with van der Waals surface area (Å²) >= 11 is 0. The van der Waals surface area contributed by atoms with Gasteiger partial charge in [-0.2, -0.15) is 0 Å². The highest BCUT2D eigenvalue weighted by atomic mass is 16.6. The molecule has 6 nitrogen and oxygen atoms in total. The molecular formula is C20H20O6. The second-order valence-electron chi connectivity index (χ2n) is 5.82. The van der Waals surface area contributed by atoms with E-state index in [2.05, 4.69) is 0 Å². The number of rotatable bonds is 8. The number of hydrogen-bond donors (Lipinski definition) is 2. The first-order chi connectivity index (χ1) is 12.7. The maximum absolute atomic E-state index is 12.2. The summed E-state index contributed by atoms with van der Waals surface area (Å²) < 4.78 is 16.5. The number of carbonyl (C=O) groups excluding carboxylic acids is 1. The van der Waals surface area contributed by atoms with Gasteiger partial charge in [-0.1, -0.05) is 60.7 Å². The summed E-state index contributed by atoms with van der Waals surface area (Å²) in [4.78, 5) is 12.2. The van der Waals surface area contributed by atoms with Crippen molar-refractivity contribution in [2.24, 2.45) is 0 Å². The molecule has 2 atom stereocenters. The lowest BCUT2D eigenvalue weighted by molar-refractivity contribution is -0.149. The van der Waals surface area contributed by atoms with Gasteiger partial charge in [-0.15, -0.1) is 0 Å². The van der Waals surface area contributed by atoms with Crippen LogP contribution in [0.1, 0.15) is 11.1 Å². The van der Waals surface area contributed by atoms with Gasteiger partial charge in [-0.05, 0) is 11.1 Å². The van der Waals surface area contributed by atoms with E-state index < -0.39 is 24.8 Å². The molecule has 1 aliphatic rings. The van der Waals surface area contributed by atoms with Crippen LogP contribution in [0.4, 0.5) is 0 Å². The Kier molecular flexibility index (Phi) is 5.88. The zero-order valence-electron chi connectivity index (χ0n) is 14.1. The molecule has 3 rings (SSSR count). The van der Waals surface area contributed by atoms with E-state index in [-0.39, 0.29) is 24.7 Å². The van der Waals surface area contributed by atoms with E-state index in [1.807, 2.05) is 60.7 Å². The van der Waals surface area contributed by atoms with Crippen LogP contribution in [0.15, 0.2) is 72.2 Å². The molecular weight excluding hydrogens is 336 g/mol. The molecule has 0 spiro atoms. The minimum atomic E-state index is -1.29. The average Bonchev–Trinajstić information content (AvgIpc) is 3.01. The van der Waals surface area contributed by atoms with Crippen LogP contribution in [-0.4, -0.2) is 35.0 Å². The van der Waals surface area contributed by atoms with Gasteiger partial charge in [0.15, 0.2) is 11.9 Å². The molecule has 2 aromatic carbocycles. The Bertz CT molecular complexity index is 756. The molecule has 136 valence electrons. The summed E-state index contributed by atoms with van der Waals surface area (Å²) in [6, 6.07) is 18.7. The highest BCUT2D eigenvalue weighted by Crippen LogP contribution is 2.29. The van der Waals surface area contributed by atoms with E-state index in [1.165, 1.54) is 0 Å². The Labute approximate surface area is 151 Å². The van der Waals surface area contributed by atoms with Crippen LogP contribution in [0.2, 0.25) is 0 Å². The van der Waals surface area contributed by atoms with E-state index in [0.29, 0.717) is 0 Å². The maximum Gasteiger partial charge on any atom is 0.378 e. The highest BCUT2D eigenvalue weighted by Gasteiger charge is 2.41. The molecule has 0 amide bonds. The zero-order chi connectivity index (χ0) is 18.4. The Balaban J connectivity index is 1.79. The predicted octanol–water partition coefficient (Wildman–Crippen LogP) is 1.91. The van der Waals surface area contributed by atoms with E-state index in [0.717, 1.165) is 11.1 Å². The van der Waals surface area contributed by atoms with E-state index >= 15 is 0 Å². The summed E-state index contributed by atoms with van der Waals surface area (Å²) in [6.45, 7) is -0.229. The normalized spacial score (nSPS) is 17.8. The standard InChI is InChI=1S/C20H20O6/c21-11-16(22)17-18(24-12-14-7-3-1-4-8-14)19(20(23)26-17)25-13-15-9-5-2-6-10-15/h1-10,16-17,21-22H,11-13H2/t16-,17?/m1/s1. The van der Waals surface area contributed by atoms with Gasteiger partial charge in [0.2, 0.25) is 5.76 Å². The van der Waals surface area contributed by atoms with Crippen molar-refractivity contribution >= 4 is 5.97 Å². The molecule has 0 bridgehead atoms. The first kappa shape index (κ1) is 18.0. The van der Waals surface area contributed by atoms with Gasteiger partial charge < -0.3 is 24.4 Å². The van der Waals surface area contributed by atoms with Crippen LogP contribution in [-0.2, 0) is 32.2 Å². The number of aliphatic hydroxyl groups excluding tert-OH is 2.